The van der Waals surface area contributed by atoms with Crippen LogP contribution in [0, 0.1) is 15.9 Å². The molecule has 1 N–H and O–H groups in total. The lowest BCUT2D eigenvalue weighted by Crippen LogP contribution is -2.10. The Morgan fingerprint density at radius 1 is 1.45 bits per heavy atom. The maximum Gasteiger partial charge on any atom is 0.312 e. The van der Waals surface area contributed by atoms with Crippen molar-refractivity contribution in [2.75, 3.05) is 5.32 Å². The van der Waals surface area contributed by atoms with E-state index >= 15 is 0 Å². The van der Waals surface area contributed by atoms with Gasteiger partial charge in [0.05, 0.1) is 16.0 Å². The number of benzene rings is 1. The molecule has 0 radical (unpaired) electrons. The highest BCUT2D eigenvalue weighted by molar-refractivity contribution is 6.30. The molecule has 0 aliphatic carbocycles. The molecule has 1 unspecified atom stereocenters. The summed E-state index contributed by atoms with van der Waals surface area (Å²) in [6, 6.07) is 6.88. The van der Waals surface area contributed by atoms with E-state index < -0.39 is 4.92 Å². The average Bonchev–Trinajstić information content (AvgIpc) is 2.40. The molecule has 1 heterocycles. The van der Waals surface area contributed by atoms with E-state index in [1.807, 2.05) is 0 Å². The number of aromatic nitrogens is 1. The third-order valence-corrected chi connectivity index (χ3v) is 2.94. The van der Waals surface area contributed by atoms with Gasteiger partial charge in [-0.1, -0.05) is 23.7 Å². The molecule has 0 aliphatic rings. The minimum atomic E-state index is -0.570. The lowest BCUT2D eigenvalue weighted by atomic mass is 10.1. The van der Waals surface area contributed by atoms with Crippen LogP contribution >= 0.6 is 11.6 Å². The Bertz CT molecular complexity index is 651. The maximum absolute atomic E-state index is 13.2. The number of anilines is 1. The normalized spacial score (nSPS) is 11.9. The fourth-order valence-electron chi connectivity index (χ4n) is 1.74. The van der Waals surface area contributed by atoms with E-state index in [0.29, 0.717) is 5.56 Å². The highest BCUT2D eigenvalue weighted by atomic mass is 35.5. The summed E-state index contributed by atoms with van der Waals surface area (Å²) >= 11 is 5.69. The summed E-state index contributed by atoms with van der Waals surface area (Å²) in [7, 11) is 0. The van der Waals surface area contributed by atoms with Crippen molar-refractivity contribution in [3.05, 3.63) is 63.0 Å². The van der Waals surface area contributed by atoms with Gasteiger partial charge in [0.2, 0.25) is 5.82 Å². The summed E-state index contributed by atoms with van der Waals surface area (Å²) in [5.41, 5.74) is 0.441. The third-order valence-electron chi connectivity index (χ3n) is 2.73. The zero-order chi connectivity index (χ0) is 14.7. The molecule has 0 saturated carbocycles. The van der Waals surface area contributed by atoms with E-state index in [9.17, 15) is 14.5 Å². The van der Waals surface area contributed by atoms with E-state index in [1.165, 1.54) is 24.4 Å². The van der Waals surface area contributed by atoms with Gasteiger partial charge in [0.15, 0.2) is 0 Å². The van der Waals surface area contributed by atoms with Crippen LogP contribution in [0.1, 0.15) is 18.5 Å². The molecule has 0 amide bonds. The fraction of sp³-hybridized carbons (Fsp3) is 0.154. The van der Waals surface area contributed by atoms with Crippen molar-refractivity contribution in [1.82, 2.24) is 4.98 Å². The summed E-state index contributed by atoms with van der Waals surface area (Å²) in [5.74, 6) is -0.272. The lowest BCUT2D eigenvalue weighted by Gasteiger charge is -2.15. The van der Waals surface area contributed by atoms with Crippen LogP contribution in [0.5, 0.6) is 0 Å². The summed E-state index contributed by atoms with van der Waals surface area (Å²) in [5, 5.41) is 14.0. The van der Waals surface area contributed by atoms with Crippen LogP contribution in [0.4, 0.5) is 15.9 Å². The van der Waals surface area contributed by atoms with Gasteiger partial charge in [0.25, 0.3) is 0 Å². The second-order valence-corrected chi connectivity index (χ2v) is 4.64. The van der Waals surface area contributed by atoms with E-state index in [1.54, 1.807) is 19.1 Å². The molecule has 1 atom stereocenters. The number of pyridine rings is 1. The van der Waals surface area contributed by atoms with Crippen molar-refractivity contribution in [3.63, 3.8) is 0 Å². The van der Waals surface area contributed by atoms with Crippen LogP contribution in [-0.4, -0.2) is 9.91 Å². The number of nitro groups is 1. The number of nitrogens with zero attached hydrogens (tertiary/aromatic N) is 2. The predicted molar refractivity (Wildman–Crippen MR) is 74.3 cm³/mol. The molecule has 2 aromatic rings. The first-order valence-corrected chi connectivity index (χ1v) is 6.17. The van der Waals surface area contributed by atoms with Crippen LogP contribution in [0.2, 0.25) is 5.02 Å². The monoisotopic (exact) mass is 295 g/mol. The summed E-state index contributed by atoms with van der Waals surface area (Å²) < 4.78 is 13.2. The van der Waals surface area contributed by atoms with Crippen molar-refractivity contribution >= 4 is 23.1 Å². The minimum absolute atomic E-state index is 0.0937. The molecular formula is C13H11ClFN3O2. The Labute approximate surface area is 119 Å². The fourth-order valence-corrected chi connectivity index (χ4v) is 1.90. The van der Waals surface area contributed by atoms with Crippen molar-refractivity contribution in [3.8, 4) is 0 Å². The van der Waals surface area contributed by atoms with E-state index in [-0.39, 0.29) is 28.4 Å². The average molecular weight is 296 g/mol. The molecule has 1 aromatic carbocycles. The van der Waals surface area contributed by atoms with Gasteiger partial charge in [-0.3, -0.25) is 10.1 Å². The van der Waals surface area contributed by atoms with Gasteiger partial charge in [0.1, 0.15) is 5.82 Å². The van der Waals surface area contributed by atoms with E-state index in [4.69, 9.17) is 11.6 Å². The van der Waals surface area contributed by atoms with Crippen LogP contribution < -0.4 is 5.32 Å². The highest BCUT2D eigenvalue weighted by Crippen LogP contribution is 2.28. The Balaban J connectivity index is 2.28. The van der Waals surface area contributed by atoms with Crippen molar-refractivity contribution in [2.45, 2.75) is 13.0 Å². The first-order chi connectivity index (χ1) is 9.47. The Kier molecular flexibility index (Phi) is 4.14. The Morgan fingerprint density at radius 2 is 2.20 bits per heavy atom. The molecule has 0 spiro atoms. The summed E-state index contributed by atoms with van der Waals surface area (Å²) in [6.07, 6.45) is 1.31. The van der Waals surface area contributed by atoms with Crippen molar-refractivity contribution < 1.29 is 9.31 Å². The standard InChI is InChI=1S/C13H11ClFN3O2/c1-8(9-3-2-4-11(15)5-9)17-13-12(18(19)20)6-10(14)7-16-13/h2-8H,1H3,(H,16,17). The van der Waals surface area contributed by atoms with Crippen molar-refractivity contribution in [2.24, 2.45) is 0 Å². The molecule has 20 heavy (non-hydrogen) atoms. The SMILES string of the molecule is CC(Nc1ncc(Cl)cc1[N+](=O)[O-])c1cccc(F)c1. The molecule has 0 saturated heterocycles. The van der Waals surface area contributed by atoms with Crippen LogP contribution in [0.3, 0.4) is 0 Å². The van der Waals surface area contributed by atoms with Crippen LogP contribution in [0.15, 0.2) is 36.5 Å². The smallest absolute Gasteiger partial charge is 0.312 e. The minimum Gasteiger partial charge on any atom is -0.358 e. The van der Waals surface area contributed by atoms with Gasteiger partial charge >= 0.3 is 5.69 Å². The Hall–Kier alpha value is -2.21. The number of hydrogen-bond donors (Lipinski definition) is 1. The van der Waals surface area contributed by atoms with E-state index in [2.05, 4.69) is 10.3 Å². The molecule has 0 bridgehead atoms. The topological polar surface area (TPSA) is 68.1 Å². The van der Waals surface area contributed by atoms with Gasteiger partial charge in [-0.2, -0.15) is 0 Å². The zero-order valence-corrected chi connectivity index (χ0v) is 11.3. The second kappa shape index (κ2) is 5.83. The Morgan fingerprint density at radius 3 is 2.85 bits per heavy atom. The predicted octanol–water partition coefficient (Wildman–Crippen LogP) is 3.96. The molecule has 2 rings (SSSR count). The molecular weight excluding hydrogens is 285 g/mol. The number of hydrogen-bond acceptors (Lipinski definition) is 4. The van der Waals surface area contributed by atoms with Gasteiger partial charge in [-0.15, -0.1) is 0 Å². The van der Waals surface area contributed by atoms with Gasteiger partial charge in [0, 0.05) is 12.3 Å². The second-order valence-electron chi connectivity index (χ2n) is 4.20. The van der Waals surface area contributed by atoms with Crippen LogP contribution in [0.25, 0.3) is 0 Å². The number of halogens is 2. The quantitative estimate of drug-likeness (QED) is 0.685. The largest absolute Gasteiger partial charge is 0.358 e. The molecule has 0 aliphatic heterocycles. The molecule has 7 heteroatoms. The molecule has 1 aromatic heterocycles. The van der Waals surface area contributed by atoms with Gasteiger partial charge in [-0.25, -0.2) is 9.37 Å². The van der Waals surface area contributed by atoms with Gasteiger partial charge in [-0.05, 0) is 24.6 Å². The zero-order valence-electron chi connectivity index (χ0n) is 10.5. The van der Waals surface area contributed by atoms with Crippen molar-refractivity contribution in [1.29, 1.82) is 0 Å². The first kappa shape index (κ1) is 14.2. The summed E-state index contributed by atoms with van der Waals surface area (Å²) in [4.78, 5) is 14.3. The highest BCUT2D eigenvalue weighted by Gasteiger charge is 2.18. The maximum atomic E-state index is 13.2. The van der Waals surface area contributed by atoms with E-state index in [0.717, 1.165) is 0 Å². The number of rotatable bonds is 4. The summed E-state index contributed by atoms with van der Waals surface area (Å²) in [6.45, 7) is 1.76. The third kappa shape index (κ3) is 3.21. The molecule has 0 fully saturated rings. The first-order valence-electron chi connectivity index (χ1n) is 5.79. The lowest BCUT2D eigenvalue weighted by molar-refractivity contribution is -0.384. The number of nitrogens with one attached hydrogen (secondary N) is 1. The molecule has 5 nitrogen and oxygen atoms in total. The van der Waals surface area contributed by atoms with Crippen LogP contribution in [-0.2, 0) is 0 Å². The van der Waals surface area contributed by atoms with Gasteiger partial charge < -0.3 is 5.32 Å². The molecule has 104 valence electrons.